The Hall–Kier alpha value is -2.43. The summed E-state index contributed by atoms with van der Waals surface area (Å²) in [5.41, 5.74) is 1.61. The molecule has 1 aromatic carbocycles. The van der Waals surface area contributed by atoms with Gasteiger partial charge in [-0.25, -0.2) is 4.98 Å². The van der Waals surface area contributed by atoms with Crippen LogP contribution in [0, 0.1) is 13.8 Å². The molecule has 0 radical (unpaired) electrons. The van der Waals surface area contributed by atoms with Crippen LogP contribution in [0.3, 0.4) is 0 Å². The first kappa shape index (κ1) is 14.5. The summed E-state index contributed by atoms with van der Waals surface area (Å²) in [6.07, 6.45) is 0.807. The van der Waals surface area contributed by atoms with Crippen LogP contribution in [0.5, 0.6) is 5.88 Å². The lowest BCUT2D eigenvalue weighted by Gasteiger charge is -2.17. The Bertz CT molecular complexity index is 653. The van der Waals surface area contributed by atoms with Crippen LogP contribution in [0.25, 0.3) is 0 Å². The maximum absolute atomic E-state index is 12.4. The molecule has 2 aromatic rings. The lowest BCUT2D eigenvalue weighted by Crippen LogP contribution is -2.31. The smallest absolute Gasteiger partial charge is 0.253 e. The fraction of sp³-hybridized carbons (Fsp3) is 0.353. The first-order chi connectivity index (χ1) is 10.6. The monoisotopic (exact) mass is 297 g/mol. The predicted octanol–water partition coefficient (Wildman–Crippen LogP) is 2.39. The number of hydrogen-bond acceptors (Lipinski definition) is 4. The van der Waals surface area contributed by atoms with Crippen molar-refractivity contribution in [2.45, 2.75) is 26.4 Å². The SMILES string of the molecule is Cc1cc(OC2CCN(C(=O)c3ccccc3)C2)nc(C)n1. The molecular weight excluding hydrogens is 278 g/mol. The molecule has 0 N–H and O–H groups in total. The Morgan fingerprint density at radius 1 is 1.23 bits per heavy atom. The molecule has 0 saturated carbocycles. The van der Waals surface area contributed by atoms with Crippen LogP contribution < -0.4 is 4.74 Å². The topological polar surface area (TPSA) is 55.3 Å². The number of aromatic nitrogens is 2. The summed E-state index contributed by atoms with van der Waals surface area (Å²) in [5, 5.41) is 0. The molecule has 1 atom stereocenters. The number of ether oxygens (including phenoxy) is 1. The van der Waals surface area contributed by atoms with Gasteiger partial charge in [0.25, 0.3) is 5.91 Å². The van der Waals surface area contributed by atoms with Crippen molar-refractivity contribution in [3.63, 3.8) is 0 Å². The second-order valence-electron chi connectivity index (χ2n) is 5.54. The van der Waals surface area contributed by atoms with Gasteiger partial charge in [-0.1, -0.05) is 18.2 Å². The van der Waals surface area contributed by atoms with E-state index in [9.17, 15) is 4.79 Å². The van der Waals surface area contributed by atoms with Crippen molar-refractivity contribution in [3.05, 3.63) is 53.5 Å². The van der Waals surface area contributed by atoms with E-state index in [4.69, 9.17) is 4.74 Å². The van der Waals surface area contributed by atoms with Crippen LogP contribution in [0.1, 0.15) is 28.3 Å². The normalized spacial score (nSPS) is 17.5. The summed E-state index contributed by atoms with van der Waals surface area (Å²) in [4.78, 5) is 22.8. The number of likely N-dealkylation sites (tertiary alicyclic amines) is 1. The number of rotatable bonds is 3. The highest BCUT2D eigenvalue weighted by Gasteiger charge is 2.28. The third kappa shape index (κ3) is 3.24. The fourth-order valence-electron chi connectivity index (χ4n) is 2.69. The van der Waals surface area contributed by atoms with Gasteiger partial charge >= 0.3 is 0 Å². The Kier molecular flexibility index (Phi) is 4.04. The maximum atomic E-state index is 12.4. The van der Waals surface area contributed by atoms with Gasteiger partial charge in [-0.3, -0.25) is 4.79 Å². The molecule has 1 fully saturated rings. The molecule has 114 valence electrons. The predicted molar refractivity (Wildman–Crippen MR) is 82.9 cm³/mol. The number of carbonyl (C=O) groups is 1. The number of carbonyl (C=O) groups excluding carboxylic acids is 1. The highest BCUT2D eigenvalue weighted by atomic mass is 16.5. The molecular formula is C17H19N3O2. The van der Waals surface area contributed by atoms with E-state index in [0.717, 1.165) is 17.7 Å². The van der Waals surface area contributed by atoms with Crippen molar-refractivity contribution < 1.29 is 9.53 Å². The van der Waals surface area contributed by atoms with Crippen LogP contribution >= 0.6 is 0 Å². The van der Waals surface area contributed by atoms with Gasteiger partial charge in [0.05, 0.1) is 6.54 Å². The van der Waals surface area contributed by atoms with E-state index >= 15 is 0 Å². The fourth-order valence-corrected chi connectivity index (χ4v) is 2.69. The van der Waals surface area contributed by atoms with Gasteiger partial charge in [-0.15, -0.1) is 0 Å². The second kappa shape index (κ2) is 6.13. The summed E-state index contributed by atoms with van der Waals surface area (Å²) >= 11 is 0. The van der Waals surface area contributed by atoms with Crippen molar-refractivity contribution in [3.8, 4) is 5.88 Å². The van der Waals surface area contributed by atoms with Gasteiger partial charge in [0, 0.05) is 30.3 Å². The molecule has 2 heterocycles. The number of hydrogen-bond donors (Lipinski definition) is 0. The summed E-state index contributed by atoms with van der Waals surface area (Å²) in [5.74, 6) is 1.34. The van der Waals surface area contributed by atoms with E-state index in [1.807, 2.05) is 55.1 Å². The zero-order valence-electron chi connectivity index (χ0n) is 12.8. The van der Waals surface area contributed by atoms with Crippen molar-refractivity contribution >= 4 is 5.91 Å². The van der Waals surface area contributed by atoms with Crippen LogP contribution in [-0.4, -0.2) is 40.0 Å². The van der Waals surface area contributed by atoms with Gasteiger partial charge in [-0.05, 0) is 26.0 Å². The van der Waals surface area contributed by atoms with Crippen LogP contribution in [-0.2, 0) is 0 Å². The van der Waals surface area contributed by atoms with E-state index in [1.165, 1.54) is 0 Å². The standard InChI is InChI=1S/C17H19N3O2/c1-12-10-16(19-13(2)18-12)22-15-8-9-20(11-15)17(21)14-6-4-3-5-7-14/h3-7,10,15H,8-9,11H2,1-2H3. The largest absolute Gasteiger partial charge is 0.472 e. The number of nitrogens with zero attached hydrogens (tertiary/aromatic N) is 3. The van der Waals surface area contributed by atoms with E-state index in [1.54, 1.807) is 0 Å². The lowest BCUT2D eigenvalue weighted by molar-refractivity contribution is 0.0771. The molecule has 1 aliphatic rings. The number of aryl methyl sites for hydroxylation is 2. The van der Waals surface area contributed by atoms with E-state index < -0.39 is 0 Å². The Morgan fingerprint density at radius 3 is 2.73 bits per heavy atom. The zero-order valence-corrected chi connectivity index (χ0v) is 12.8. The van der Waals surface area contributed by atoms with E-state index in [2.05, 4.69) is 9.97 Å². The number of benzene rings is 1. The van der Waals surface area contributed by atoms with Crippen LogP contribution in [0.15, 0.2) is 36.4 Å². The molecule has 22 heavy (non-hydrogen) atoms. The molecule has 1 aromatic heterocycles. The highest BCUT2D eigenvalue weighted by molar-refractivity contribution is 5.94. The molecule has 0 aliphatic carbocycles. The van der Waals surface area contributed by atoms with Gasteiger partial charge in [0.15, 0.2) is 0 Å². The van der Waals surface area contributed by atoms with Gasteiger partial charge in [0.1, 0.15) is 11.9 Å². The molecule has 3 rings (SSSR count). The molecule has 0 bridgehead atoms. The minimum atomic E-state index is -0.0126. The Morgan fingerprint density at radius 2 is 2.00 bits per heavy atom. The molecule has 5 heteroatoms. The molecule has 5 nitrogen and oxygen atoms in total. The minimum Gasteiger partial charge on any atom is -0.472 e. The minimum absolute atomic E-state index is 0.0126. The Labute approximate surface area is 130 Å². The summed E-state index contributed by atoms with van der Waals surface area (Å²) in [6.45, 7) is 5.07. The summed E-state index contributed by atoms with van der Waals surface area (Å²) in [7, 11) is 0. The third-order valence-electron chi connectivity index (χ3n) is 3.68. The third-order valence-corrected chi connectivity index (χ3v) is 3.68. The van der Waals surface area contributed by atoms with Gasteiger partial charge in [-0.2, -0.15) is 4.98 Å². The first-order valence-electron chi connectivity index (χ1n) is 7.45. The summed E-state index contributed by atoms with van der Waals surface area (Å²) in [6, 6.07) is 11.2. The number of amides is 1. The van der Waals surface area contributed by atoms with Crippen molar-refractivity contribution in [1.82, 2.24) is 14.9 Å². The highest BCUT2D eigenvalue weighted by Crippen LogP contribution is 2.19. The molecule has 0 spiro atoms. The Balaban J connectivity index is 1.64. The lowest BCUT2D eigenvalue weighted by atomic mass is 10.2. The van der Waals surface area contributed by atoms with Gasteiger partial charge < -0.3 is 9.64 Å². The van der Waals surface area contributed by atoms with Crippen molar-refractivity contribution in [2.24, 2.45) is 0 Å². The average molecular weight is 297 g/mol. The first-order valence-corrected chi connectivity index (χ1v) is 7.45. The molecule has 1 aliphatic heterocycles. The van der Waals surface area contributed by atoms with Crippen LogP contribution in [0.4, 0.5) is 0 Å². The zero-order chi connectivity index (χ0) is 15.5. The molecule has 1 saturated heterocycles. The van der Waals surface area contributed by atoms with E-state index in [-0.39, 0.29) is 12.0 Å². The molecule has 1 unspecified atom stereocenters. The van der Waals surface area contributed by atoms with E-state index in [0.29, 0.717) is 24.8 Å². The summed E-state index contributed by atoms with van der Waals surface area (Å²) < 4.78 is 5.91. The average Bonchev–Trinajstić information content (AvgIpc) is 2.95. The quantitative estimate of drug-likeness (QED) is 0.873. The van der Waals surface area contributed by atoms with Gasteiger partial charge in [0.2, 0.25) is 5.88 Å². The van der Waals surface area contributed by atoms with Crippen molar-refractivity contribution in [1.29, 1.82) is 0 Å². The maximum Gasteiger partial charge on any atom is 0.253 e. The van der Waals surface area contributed by atoms with Crippen molar-refractivity contribution in [2.75, 3.05) is 13.1 Å². The molecule has 1 amide bonds. The van der Waals surface area contributed by atoms with Crippen LogP contribution in [0.2, 0.25) is 0 Å². The second-order valence-corrected chi connectivity index (χ2v) is 5.54.